The van der Waals surface area contributed by atoms with Crippen LogP contribution in [0.2, 0.25) is 0 Å². The molecule has 0 aliphatic carbocycles. The molecule has 2 fully saturated rings. The van der Waals surface area contributed by atoms with Gasteiger partial charge in [-0.3, -0.25) is 4.90 Å². The molecule has 3 unspecified atom stereocenters. The van der Waals surface area contributed by atoms with E-state index in [1.54, 1.807) is 7.11 Å². The summed E-state index contributed by atoms with van der Waals surface area (Å²) in [6.07, 6.45) is 5.58. The minimum absolute atomic E-state index is 0.0478. The molecule has 0 aromatic rings. The molecule has 0 spiro atoms. The summed E-state index contributed by atoms with van der Waals surface area (Å²) >= 11 is 0. The van der Waals surface area contributed by atoms with Crippen molar-refractivity contribution >= 4 is 0 Å². The van der Waals surface area contributed by atoms with Crippen LogP contribution in [0.3, 0.4) is 0 Å². The molecule has 1 N–H and O–H groups in total. The minimum Gasteiger partial charge on any atom is -0.393 e. The number of fused-ring (bicyclic) bond motifs is 2. The lowest BCUT2D eigenvalue weighted by Crippen LogP contribution is -2.49. The molecular formula is C12H23NO2. The first kappa shape index (κ1) is 11.4. The largest absolute Gasteiger partial charge is 0.393 e. The lowest BCUT2D eigenvalue weighted by atomic mass is 9.97. The topological polar surface area (TPSA) is 32.7 Å². The Kier molecular flexibility index (Phi) is 3.65. The third-order valence-electron chi connectivity index (χ3n) is 4.01. The van der Waals surface area contributed by atoms with Gasteiger partial charge >= 0.3 is 0 Å². The molecule has 88 valence electrons. The number of hydrogen-bond acceptors (Lipinski definition) is 3. The third-order valence-corrected chi connectivity index (χ3v) is 4.01. The Balaban J connectivity index is 1.92. The Bertz CT molecular complexity index is 196. The second-order valence-electron chi connectivity index (χ2n) is 5.09. The van der Waals surface area contributed by atoms with Crippen molar-refractivity contribution in [1.29, 1.82) is 0 Å². The number of ether oxygens (including phenoxy) is 1. The first-order chi connectivity index (χ1) is 7.22. The van der Waals surface area contributed by atoms with E-state index >= 15 is 0 Å². The summed E-state index contributed by atoms with van der Waals surface area (Å²) in [4.78, 5) is 2.63. The lowest BCUT2D eigenvalue weighted by molar-refractivity contribution is 0.00708. The third kappa shape index (κ3) is 2.35. The van der Waals surface area contributed by atoms with Gasteiger partial charge in [-0.05, 0) is 39.0 Å². The number of hydrogen-bond donors (Lipinski definition) is 1. The standard InChI is InChI=1S/C12H23NO2/c1-9(5-6-15-2)13-10-3-4-11(13)8-12(14)7-10/h9-12,14H,3-8H2,1-2H3. The first-order valence-electron chi connectivity index (χ1n) is 6.16. The highest BCUT2D eigenvalue weighted by Gasteiger charge is 2.41. The molecule has 2 saturated heterocycles. The highest BCUT2D eigenvalue weighted by molar-refractivity contribution is 4.97. The lowest BCUT2D eigenvalue weighted by Gasteiger charge is -2.41. The Morgan fingerprint density at radius 3 is 2.47 bits per heavy atom. The van der Waals surface area contributed by atoms with Crippen LogP contribution in [0, 0.1) is 0 Å². The quantitative estimate of drug-likeness (QED) is 0.766. The van der Waals surface area contributed by atoms with Crippen LogP contribution in [0.25, 0.3) is 0 Å². The second kappa shape index (κ2) is 4.81. The van der Waals surface area contributed by atoms with Gasteiger partial charge in [-0.25, -0.2) is 0 Å². The van der Waals surface area contributed by atoms with Crippen LogP contribution < -0.4 is 0 Å². The van der Waals surface area contributed by atoms with E-state index in [9.17, 15) is 5.11 Å². The van der Waals surface area contributed by atoms with Gasteiger partial charge < -0.3 is 9.84 Å². The van der Waals surface area contributed by atoms with E-state index in [1.165, 1.54) is 12.8 Å². The van der Waals surface area contributed by atoms with Crippen molar-refractivity contribution in [2.75, 3.05) is 13.7 Å². The van der Waals surface area contributed by atoms with E-state index in [-0.39, 0.29) is 6.10 Å². The summed E-state index contributed by atoms with van der Waals surface area (Å²) in [5.74, 6) is 0. The van der Waals surface area contributed by atoms with Crippen molar-refractivity contribution in [1.82, 2.24) is 4.90 Å². The first-order valence-corrected chi connectivity index (χ1v) is 6.16. The minimum atomic E-state index is -0.0478. The van der Waals surface area contributed by atoms with Crippen LogP contribution in [0.15, 0.2) is 0 Å². The van der Waals surface area contributed by atoms with Crippen molar-refractivity contribution in [2.45, 2.75) is 63.3 Å². The van der Waals surface area contributed by atoms with Crippen molar-refractivity contribution in [3.05, 3.63) is 0 Å². The number of aliphatic hydroxyl groups excluding tert-OH is 1. The molecule has 3 atom stereocenters. The monoisotopic (exact) mass is 213 g/mol. The summed E-state index contributed by atoms with van der Waals surface area (Å²) in [7, 11) is 1.77. The zero-order valence-corrected chi connectivity index (χ0v) is 9.85. The number of methoxy groups -OCH3 is 1. The zero-order valence-electron chi connectivity index (χ0n) is 9.85. The molecule has 2 aliphatic rings. The molecule has 0 aromatic heterocycles. The smallest absolute Gasteiger partial charge is 0.0570 e. The van der Waals surface area contributed by atoms with E-state index in [4.69, 9.17) is 4.74 Å². The van der Waals surface area contributed by atoms with Gasteiger partial charge in [0.2, 0.25) is 0 Å². The molecule has 2 aliphatic heterocycles. The summed E-state index contributed by atoms with van der Waals surface area (Å²) in [5, 5.41) is 9.71. The zero-order chi connectivity index (χ0) is 10.8. The van der Waals surface area contributed by atoms with Crippen molar-refractivity contribution in [2.24, 2.45) is 0 Å². The van der Waals surface area contributed by atoms with Crippen LogP contribution >= 0.6 is 0 Å². The molecule has 2 bridgehead atoms. The molecule has 2 heterocycles. The fourth-order valence-corrected chi connectivity index (χ4v) is 3.34. The molecule has 15 heavy (non-hydrogen) atoms. The normalized spacial score (nSPS) is 38.2. The van der Waals surface area contributed by atoms with Crippen LogP contribution in [0.4, 0.5) is 0 Å². The molecule has 3 nitrogen and oxygen atoms in total. The highest BCUT2D eigenvalue weighted by atomic mass is 16.5. The van der Waals surface area contributed by atoms with Crippen LogP contribution in [-0.4, -0.2) is 48.0 Å². The number of nitrogens with zero attached hydrogens (tertiary/aromatic N) is 1. The van der Waals surface area contributed by atoms with Gasteiger partial charge in [0.25, 0.3) is 0 Å². The Labute approximate surface area is 92.4 Å². The summed E-state index contributed by atoms with van der Waals surface area (Å²) in [6.45, 7) is 3.14. The van der Waals surface area contributed by atoms with Gasteiger partial charge in [0.05, 0.1) is 6.10 Å². The van der Waals surface area contributed by atoms with Crippen molar-refractivity contribution < 1.29 is 9.84 Å². The molecule has 0 aromatic carbocycles. The van der Waals surface area contributed by atoms with E-state index in [2.05, 4.69) is 11.8 Å². The van der Waals surface area contributed by atoms with Crippen LogP contribution in [0.1, 0.15) is 39.0 Å². The van der Waals surface area contributed by atoms with Crippen molar-refractivity contribution in [3.8, 4) is 0 Å². The predicted molar refractivity (Wildman–Crippen MR) is 59.8 cm³/mol. The van der Waals surface area contributed by atoms with Gasteiger partial charge in [-0.2, -0.15) is 0 Å². The summed E-state index contributed by atoms with van der Waals surface area (Å²) in [5.41, 5.74) is 0. The molecule has 0 amide bonds. The summed E-state index contributed by atoms with van der Waals surface area (Å²) in [6, 6.07) is 1.87. The molecule has 0 saturated carbocycles. The SMILES string of the molecule is COCCC(C)N1C2CCC1CC(O)C2. The van der Waals surface area contributed by atoms with E-state index in [0.29, 0.717) is 18.1 Å². The fraction of sp³-hybridized carbons (Fsp3) is 1.00. The van der Waals surface area contributed by atoms with Crippen LogP contribution in [0.5, 0.6) is 0 Å². The van der Waals surface area contributed by atoms with Gasteiger partial charge in [0, 0.05) is 31.8 Å². The number of piperidine rings is 1. The predicted octanol–water partition coefficient (Wildman–Crippen LogP) is 1.40. The molecule has 3 heteroatoms. The number of aliphatic hydroxyl groups is 1. The van der Waals surface area contributed by atoms with E-state index in [1.807, 2.05) is 0 Å². The average molecular weight is 213 g/mol. The highest BCUT2D eigenvalue weighted by Crippen LogP contribution is 2.37. The molecular weight excluding hydrogens is 190 g/mol. The average Bonchev–Trinajstić information content (AvgIpc) is 2.48. The molecule has 0 radical (unpaired) electrons. The van der Waals surface area contributed by atoms with E-state index < -0.39 is 0 Å². The Hall–Kier alpha value is -0.120. The maximum Gasteiger partial charge on any atom is 0.0570 e. The Morgan fingerprint density at radius 2 is 1.93 bits per heavy atom. The second-order valence-corrected chi connectivity index (χ2v) is 5.09. The van der Waals surface area contributed by atoms with Gasteiger partial charge in [-0.1, -0.05) is 0 Å². The maximum atomic E-state index is 9.71. The van der Waals surface area contributed by atoms with E-state index in [0.717, 1.165) is 25.9 Å². The molecule has 2 rings (SSSR count). The van der Waals surface area contributed by atoms with Gasteiger partial charge in [-0.15, -0.1) is 0 Å². The van der Waals surface area contributed by atoms with Crippen molar-refractivity contribution in [3.63, 3.8) is 0 Å². The summed E-state index contributed by atoms with van der Waals surface area (Å²) < 4.78 is 5.14. The van der Waals surface area contributed by atoms with Gasteiger partial charge in [0.15, 0.2) is 0 Å². The number of rotatable bonds is 4. The van der Waals surface area contributed by atoms with Crippen LogP contribution in [-0.2, 0) is 4.74 Å². The van der Waals surface area contributed by atoms with Gasteiger partial charge in [0.1, 0.15) is 0 Å². The fourth-order valence-electron chi connectivity index (χ4n) is 3.34. The maximum absolute atomic E-state index is 9.71. The Morgan fingerprint density at radius 1 is 1.33 bits per heavy atom.